The molecule has 0 saturated heterocycles. The minimum atomic E-state index is -3.43. The molecule has 3 rings (SSSR count). The van der Waals surface area contributed by atoms with E-state index in [0.29, 0.717) is 16.8 Å². The van der Waals surface area contributed by atoms with Gasteiger partial charge in [0.1, 0.15) is 0 Å². The van der Waals surface area contributed by atoms with Crippen molar-refractivity contribution in [3.05, 3.63) is 83.5 Å². The van der Waals surface area contributed by atoms with E-state index < -0.39 is 11.7 Å². The largest absolute Gasteiger partial charge is 0.332 e. The first-order valence-electron chi connectivity index (χ1n) is 11.5. The number of hydrogen-bond acceptors (Lipinski definition) is 5. The average Bonchev–Trinajstić information content (AvgIpc) is 3.31. The SMILES string of the molecule is C=C(N=C/C(=C\C)CCCC)c1cccc(C(F)(F)c2nnc3ncc(/C(C=NC)=C/C)cn23)c1. The lowest BCUT2D eigenvalue weighted by molar-refractivity contribution is 0.0317. The van der Waals surface area contributed by atoms with Gasteiger partial charge in [-0.05, 0) is 49.5 Å². The molecule has 0 radical (unpaired) electrons. The van der Waals surface area contributed by atoms with Gasteiger partial charge in [-0.1, -0.05) is 50.3 Å². The third kappa shape index (κ3) is 5.82. The molecule has 0 atom stereocenters. The van der Waals surface area contributed by atoms with Crippen LogP contribution in [0.3, 0.4) is 0 Å². The van der Waals surface area contributed by atoms with Gasteiger partial charge in [-0.3, -0.25) is 14.4 Å². The Morgan fingerprint density at radius 1 is 1.14 bits per heavy atom. The van der Waals surface area contributed by atoms with Crippen LogP contribution in [-0.4, -0.2) is 39.1 Å². The van der Waals surface area contributed by atoms with Gasteiger partial charge in [-0.2, -0.15) is 8.78 Å². The lowest BCUT2D eigenvalue weighted by Gasteiger charge is -2.16. The molecule has 6 nitrogen and oxygen atoms in total. The van der Waals surface area contributed by atoms with Crippen LogP contribution in [0.5, 0.6) is 0 Å². The number of nitrogens with zero attached hydrogens (tertiary/aromatic N) is 6. The predicted molar refractivity (Wildman–Crippen MR) is 139 cm³/mol. The first-order valence-corrected chi connectivity index (χ1v) is 11.5. The zero-order chi connectivity index (χ0) is 25.4. The number of rotatable bonds is 10. The van der Waals surface area contributed by atoms with Crippen LogP contribution in [0.25, 0.3) is 17.0 Å². The Hall–Kier alpha value is -3.81. The van der Waals surface area contributed by atoms with Gasteiger partial charge in [0.05, 0.1) is 5.70 Å². The van der Waals surface area contributed by atoms with Gasteiger partial charge in [-0.15, -0.1) is 10.2 Å². The minimum Gasteiger partial charge on any atom is -0.296 e. The maximum atomic E-state index is 15.7. The maximum Gasteiger partial charge on any atom is 0.332 e. The van der Waals surface area contributed by atoms with Crippen molar-refractivity contribution in [2.75, 3.05) is 7.05 Å². The second-order valence-corrected chi connectivity index (χ2v) is 7.99. The lowest BCUT2D eigenvalue weighted by atomic mass is 10.0. The second kappa shape index (κ2) is 11.6. The number of allylic oxidation sites excluding steroid dienone is 4. The average molecular weight is 477 g/mol. The maximum absolute atomic E-state index is 15.7. The van der Waals surface area contributed by atoms with E-state index >= 15 is 8.78 Å². The van der Waals surface area contributed by atoms with Gasteiger partial charge in [0.15, 0.2) is 0 Å². The van der Waals surface area contributed by atoms with Gasteiger partial charge in [0.25, 0.3) is 5.78 Å². The van der Waals surface area contributed by atoms with Crippen molar-refractivity contribution in [2.45, 2.75) is 46.0 Å². The summed E-state index contributed by atoms with van der Waals surface area (Å²) in [5, 5.41) is 7.62. The van der Waals surface area contributed by atoms with E-state index in [-0.39, 0.29) is 11.3 Å². The number of alkyl halides is 2. The summed E-state index contributed by atoms with van der Waals surface area (Å²) in [6.07, 6.45) is 13.4. The summed E-state index contributed by atoms with van der Waals surface area (Å²) in [5.41, 5.74) is 3.14. The van der Waals surface area contributed by atoms with Crippen LogP contribution < -0.4 is 0 Å². The van der Waals surface area contributed by atoms with Crippen LogP contribution in [0.2, 0.25) is 0 Å². The van der Waals surface area contributed by atoms with Gasteiger partial charge in [0, 0.05) is 43.0 Å². The zero-order valence-electron chi connectivity index (χ0n) is 20.5. The Labute approximate surface area is 204 Å². The molecule has 1 aromatic carbocycles. The van der Waals surface area contributed by atoms with Crippen molar-refractivity contribution in [1.82, 2.24) is 19.6 Å². The van der Waals surface area contributed by atoms with Crippen molar-refractivity contribution in [2.24, 2.45) is 9.98 Å². The molecule has 3 aromatic rings. The molecule has 2 aromatic heterocycles. The Balaban J connectivity index is 1.96. The molecule has 0 saturated carbocycles. The summed E-state index contributed by atoms with van der Waals surface area (Å²) in [6, 6.07) is 6.03. The quantitative estimate of drug-likeness (QED) is 0.312. The first-order chi connectivity index (χ1) is 16.8. The number of unbranched alkanes of at least 4 members (excludes halogenated alkanes) is 1. The highest BCUT2D eigenvalue weighted by molar-refractivity contribution is 6.09. The molecule has 0 N–H and O–H groups in total. The highest BCUT2D eigenvalue weighted by atomic mass is 19.3. The number of benzene rings is 1. The molecular weight excluding hydrogens is 446 g/mol. The molecule has 0 unspecified atom stereocenters. The van der Waals surface area contributed by atoms with E-state index in [1.54, 1.807) is 44.0 Å². The number of hydrogen-bond donors (Lipinski definition) is 0. The molecule has 0 fully saturated rings. The van der Waals surface area contributed by atoms with Gasteiger partial charge in [0.2, 0.25) is 5.82 Å². The Kier molecular flexibility index (Phi) is 8.52. The fraction of sp³-hybridized carbons (Fsp3) is 0.296. The van der Waals surface area contributed by atoms with Crippen molar-refractivity contribution < 1.29 is 8.78 Å². The topological polar surface area (TPSA) is 67.8 Å². The monoisotopic (exact) mass is 476 g/mol. The Bertz CT molecular complexity index is 1310. The van der Waals surface area contributed by atoms with E-state index in [1.807, 2.05) is 26.0 Å². The van der Waals surface area contributed by atoms with E-state index in [4.69, 9.17) is 0 Å². The van der Waals surface area contributed by atoms with Gasteiger partial charge < -0.3 is 0 Å². The van der Waals surface area contributed by atoms with Crippen LogP contribution in [0.4, 0.5) is 8.78 Å². The number of halogens is 2. The van der Waals surface area contributed by atoms with E-state index in [0.717, 1.165) is 30.4 Å². The molecule has 2 heterocycles. The van der Waals surface area contributed by atoms with E-state index in [1.165, 1.54) is 16.5 Å². The van der Waals surface area contributed by atoms with Crippen molar-refractivity contribution >= 4 is 29.5 Å². The third-order valence-electron chi connectivity index (χ3n) is 5.59. The second-order valence-electron chi connectivity index (χ2n) is 7.99. The fourth-order valence-corrected chi connectivity index (χ4v) is 3.53. The number of aliphatic imine (C=N–C) groups is 2. The van der Waals surface area contributed by atoms with Crippen LogP contribution in [0, 0.1) is 0 Å². The molecule has 0 aliphatic rings. The van der Waals surface area contributed by atoms with Crippen molar-refractivity contribution in [3.63, 3.8) is 0 Å². The molecule has 182 valence electrons. The van der Waals surface area contributed by atoms with Crippen LogP contribution in [-0.2, 0) is 5.92 Å². The van der Waals surface area contributed by atoms with E-state index in [2.05, 4.69) is 38.7 Å². The third-order valence-corrected chi connectivity index (χ3v) is 5.59. The van der Waals surface area contributed by atoms with Crippen molar-refractivity contribution in [3.8, 4) is 0 Å². The Morgan fingerprint density at radius 3 is 2.63 bits per heavy atom. The minimum absolute atomic E-state index is 0.0865. The van der Waals surface area contributed by atoms with Gasteiger partial charge in [-0.25, -0.2) is 4.98 Å². The normalized spacial score (nSPS) is 13.4. The summed E-state index contributed by atoms with van der Waals surface area (Å²) in [6.45, 7) is 9.90. The fourth-order valence-electron chi connectivity index (χ4n) is 3.53. The van der Waals surface area contributed by atoms with Crippen LogP contribution >= 0.6 is 0 Å². The summed E-state index contributed by atoms with van der Waals surface area (Å²) in [5.74, 6) is -3.86. The van der Waals surface area contributed by atoms with Crippen LogP contribution in [0.15, 0.2) is 70.9 Å². The highest BCUT2D eigenvalue weighted by Crippen LogP contribution is 2.36. The lowest BCUT2D eigenvalue weighted by Crippen LogP contribution is -2.19. The Morgan fingerprint density at radius 2 is 1.94 bits per heavy atom. The smallest absolute Gasteiger partial charge is 0.296 e. The zero-order valence-corrected chi connectivity index (χ0v) is 20.5. The van der Waals surface area contributed by atoms with Crippen LogP contribution in [0.1, 0.15) is 62.5 Å². The standard InChI is InChI=1S/C27H30F2N6/c1-6-9-11-20(7-2)15-31-19(4)22-12-10-13-24(14-22)27(28,29)25-33-34-26-32-17-23(18-35(25)26)21(8-3)16-30-5/h7-8,10,12-18H,4,6,9,11H2,1-3,5H3/b20-7-,21-8+,30-16?,31-15?. The van der Waals surface area contributed by atoms with E-state index in [9.17, 15) is 0 Å². The molecule has 0 amide bonds. The first kappa shape index (κ1) is 25.8. The number of aromatic nitrogens is 4. The molecule has 0 aliphatic carbocycles. The molecular formula is C27H30F2N6. The van der Waals surface area contributed by atoms with Crippen molar-refractivity contribution in [1.29, 1.82) is 0 Å². The molecule has 0 bridgehead atoms. The predicted octanol–water partition coefficient (Wildman–Crippen LogP) is 6.55. The summed E-state index contributed by atoms with van der Waals surface area (Å²) >= 11 is 0. The number of fused-ring (bicyclic) bond motifs is 1. The highest BCUT2D eigenvalue weighted by Gasteiger charge is 2.40. The molecule has 0 spiro atoms. The molecule has 0 aliphatic heterocycles. The van der Waals surface area contributed by atoms with Gasteiger partial charge >= 0.3 is 5.92 Å². The summed E-state index contributed by atoms with van der Waals surface area (Å²) in [4.78, 5) is 12.6. The summed E-state index contributed by atoms with van der Waals surface area (Å²) in [7, 11) is 1.64. The molecule has 35 heavy (non-hydrogen) atoms. The summed E-state index contributed by atoms with van der Waals surface area (Å²) < 4.78 is 32.6. The molecule has 8 heteroatoms.